The van der Waals surface area contributed by atoms with E-state index in [0.717, 1.165) is 35.2 Å². The van der Waals surface area contributed by atoms with Gasteiger partial charge >= 0.3 is 0 Å². The van der Waals surface area contributed by atoms with Crippen LogP contribution in [0.25, 0.3) is 10.9 Å². The molecule has 0 fully saturated rings. The van der Waals surface area contributed by atoms with Gasteiger partial charge in [-0.05, 0) is 38.7 Å². The molecule has 0 N–H and O–H groups in total. The Balaban J connectivity index is 2.19. The molecule has 1 aliphatic heterocycles. The maximum absolute atomic E-state index is 12.6. The number of rotatable bonds is 2. The average Bonchev–Trinajstić information content (AvgIpc) is 2.71. The number of aromatic nitrogens is 2. The fourth-order valence-electron chi connectivity index (χ4n) is 2.79. The van der Waals surface area contributed by atoms with Crippen LogP contribution in [0.2, 0.25) is 0 Å². The Labute approximate surface area is 120 Å². The molecule has 0 radical (unpaired) electrons. The summed E-state index contributed by atoms with van der Waals surface area (Å²) in [4.78, 5) is 19.4. The number of likely N-dealkylation sites (N-methyl/N-ethyl adjacent to an activating group) is 1. The Kier molecular flexibility index (Phi) is 3.19. The Morgan fingerprint density at radius 1 is 1.47 bits per heavy atom. The van der Waals surface area contributed by atoms with Crippen LogP contribution in [0.15, 0.2) is 27.5 Å². The number of hydrogen-bond acceptors (Lipinski definition) is 3. The van der Waals surface area contributed by atoms with E-state index in [1.165, 1.54) is 0 Å². The molecule has 0 saturated heterocycles. The van der Waals surface area contributed by atoms with E-state index in [1.807, 2.05) is 36.9 Å². The highest BCUT2D eigenvalue weighted by atomic mass is 79.9. The third-order valence-electron chi connectivity index (χ3n) is 3.58. The zero-order chi connectivity index (χ0) is 13.6. The normalized spacial score (nSPS) is 18.2. The number of fused-ring (bicyclic) bond motifs is 2. The number of halogens is 1. The standard InChI is InChI=1S/C14H16BrN3O/c1-17(2)8-10-4-6-13-16-12-7-9(15)3-5-11(12)14(19)18(10)13/h3,5,7,10H,4,6,8H2,1-2H3. The van der Waals surface area contributed by atoms with Gasteiger partial charge in [-0.25, -0.2) is 4.98 Å². The van der Waals surface area contributed by atoms with Crippen LogP contribution in [0.4, 0.5) is 0 Å². The summed E-state index contributed by atoms with van der Waals surface area (Å²) in [5.74, 6) is 0.919. The van der Waals surface area contributed by atoms with E-state index < -0.39 is 0 Å². The molecule has 0 bridgehead atoms. The van der Waals surface area contributed by atoms with Crippen molar-refractivity contribution in [2.75, 3.05) is 20.6 Å². The van der Waals surface area contributed by atoms with Gasteiger partial charge in [-0.3, -0.25) is 9.36 Å². The third kappa shape index (κ3) is 2.21. The van der Waals surface area contributed by atoms with Gasteiger partial charge in [0.15, 0.2) is 0 Å². The summed E-state index contributed by atoms with van der Waals surface area (Å²) in [6, 6.07) is 5.91. The molecule has 1 aromatic heterocycles. The minimum absolute atomic E-state index is 0.0943. The van der Waals surface area contributed by atoms with Crippen molar-refractivity contribution in [2.45, 2.75) is 18.9 Å². The Morgan fingerprint density at radius 2 is 2.26 bits per heavy atom. The first-order chi connectivity index (χ1) is 9.06. The monoisotopic (exact) mass is 321 g/mol. The highest BCUT2D eigenvalue weighted by Gasteiger charge is 2.25. The minimum Gasteiger partial charge on any atom is -0.307 e. The summed E-state index contributed by atoms with van der Waals surface area (Å²) < 4.78 is 2.84. The van der Waals surface area contributed by atoms with Crippen molar-refractivity contribution < 1.29 is 0 Å². The lowest BCUT2D eigenvalue weighted by Gasteiger charge is -2.19. The summed E-state index contributed by atoms with van der Waals surface area (Å²) >= 11 is 3.43. The topological polar surface area (TPSA) is 38.1 Å². The average molecular weight is 322 g/mol. The van der Waals surface area contributed by atoms with Gasteiger partial charge in [-0.1, -0.05) is 15.9 Å². The molecule has 1 unspecified atom stereocenters. The molecule has 2 aromatic rings. The van der Waals surface area contributed by atoms with Crippen molar-refractivity contribution in [2.24, 2.45) is 0 Å². The Bertz CT molecular complexity index is 693. The predicted molar refractivity (Wildman–Crippen MR) is 79.6 cm³/mol. The van der Waals surface area contributed by atoms with Crippen LogP contribution in [0.3, 0.4) is 0 Å². The molecule has 1 aliphatic rings. The maximum atomic E-state index is 12.6. The van der Waals surface area contributed by atoms with E-state index in [2.05, 4.69) is 25.8 Å². The van der Waals surface area contributed by atoms with Crippen molar-refractivity contribution in [3.8, 4) is 0 Å². The molecule has 19 heavy (non-hydrogen) atoms. The molecule has 0 amide bonds. The lowest BCUT2D eigenvalue weighted by Crippen LogP contribution is -2.30. The smallest absolute Gasteiger partial charge is 0.261 e. The van der Waals surface area contributed by atoms with E-state index in [-0.39, 0.29) is 11.6 Å². The van der Waals surface area contributed by atoms with E-state index in [4.69, 9.17) is 0 Å². The first-order valence-corrected chi connectivity index (χ1v) is 7.21. The predicted octanol–water partition coefficient (Wildman–Crippen LogP) is 2.21. The zero-order valence-electron chi connectivity index (χ0n) is 11.1. The van der Waals surface area contributed by atoms with Gasteiger partial charge in [-0.15, -0.1) is 0 Å². The van der Waals surface area contributed by atoms with Crippen molar-refractivity contribution in [1.29, 1.82) is 0 Å². The van der Waals surface area contributed by atoms with Crippen LogP contribution in [0, 0.1) is 0 Å². The number of aryl methyl sites for hydroxylation is 1. The van der Waals surface area contributed by atoms with Gasteiger partial charge in [0.25, 0.3) is 5.56 Å². The second kappa shape index (κ2) is 4.72. The van der Waals surface area contributed by atoms with Crippen LogP contribution in [-0.2, 0) is 6.42 Å². The first kappa shape index (κ1) is 12.8. The summed E-state index contributed by atoms with van der Waals surface area (Å²) in [5.41, 5.74) is 0.882. The maximum Gasteiger partial charge on any atom is 0.261 e. The summed E-state index contributed by atoms with van der Waals surface area (Å²) in [6.07, 6.45) is 1.88. The van der Waals surface area contributed by atoms with Gasteiger partial charge in [-0.2, -0.15) is 0 Å². The molecule has 100 valence electrons. The highest BCUT2D eigenvalue weighted by Crippen LogP contribution is 2.25. The number of hydrogen-bond donors (Lipinski definition) is 0. The van der Waals surface area contributed by atoms with E-state index in [9.17, 15) is 4.79 Å². The van der Waals surface area contributed by atoms with E-state index in [1.54, 1.807) is 0 Å². The molecule has 1 aromatic carbocycles. The first-order valence-electron chi connectivity index (χ1n) is 6.41. The van der Waals surface area contributed by atoms with Crippen LogP contribution in [0.1, 0.15) is 18.3 Å². The quantitative estimate of drug-likeness (QED) is 0.851. The van der Waals surface area contributed by atoms with Gasteiger partial charge in [0.1, 0.15) is 5.82 Å². The van der Waals surface area contributed by atoms with E-state index >= 15 is 0 Å². The molecule has 2 heterocycles. The van der Waals surface area contributed by atoms with Gasteiger partial charge < -0.3 is 4.90 Å². The summed E-state index contributed by atoms with van der Waals surface area (Å²) in [6.45, 7) is 0.886. The molecule has 0 saturated carbocycles. The fraction of sp³-hybridized carbons (Fsp3) is 0.429. The minimum atomic E-state index is 0.0943. The van der Waals surface area contributed by atoms with Gasteiger partial charge in [0.05, 0.1) is 16.9 Å². The fourth-order valence-corrected chi connectivity index (χ4v) is 3.14. The number of nitrogens with zero attached hydrogens (tertiary/aromatic N) is 3. The van der Waals surface area contributed by atoms with Crippen LogP contribution in [0.5, 0.6) is 0 Å². The SMILES string of the molecule is CN(C)CC1CCc2nc3cc(Br)ccc3c(=O)n21. The molecule has 3 rings (SSSR count). The van der Waals surface area contributed by atoms with Crippen LogP contribution < -0.4 is 5.56 Å². The largest absolute Gasteiger partial charge is 0.307 e. The third-order valence-corrected chi connectivity index (χ3v) is 4.07. The molecular weight excluding hydrogens is 306 g/mol. The van der Waals surface area contributed by atoms with Crippen molar-refractivity contribution in [3.05, 3.63) is 38.9 Å². The Hall–Kier alpha value is -1.20. The molecule has 1 atom stereocenters. The molecule has 0 spiro atoms. The van der Waals surface area contributed by atoms with E-state index in [0.29, 0.717) is 5.39 Å². The molecular formula is C14H16BrN3O. The van der Waals surface area contributed by atoms with Crippen LogP contribution in [-0.4, -0.2) is 35.1 Å². The lowest BCUT2D eigenvalue weighted by molar-refractivity contribution is 0.325. The summed E-state index contributed by atoms with van der Waals surface area (Å²) in [7, 11) is 4.07. The van der Waals surface area contributed by atoms with Crippen LogP contribution >= 0.6 is 15.9 Å². The highest BCUT2D eigenvalue weighted by molar-refractivity contribution is 9.10. The molecule has 5 heteroatoms. The summed E-state index contributed by atoms with van der Waals surface area (Å²) in [5, 5.41) is 0.706. The van der Waals surface area contributed by atoms with Crippen molar-refractivity contribution in [1.82, 2.24) is 14.5 Å². The molecule has 4 nitrogen and oxygen atoms in total. The second-order valence-corrected chi connectivity index (χ2v) is 6.24. The zero-order valence-corrected chi connectivity index (χ0v) is 12.6. The second-order valence-electron chi connectivity index (χ2n) is 5.32. The van der Waals surface area contributed by atoms with Gasteiger partial charge in [0, 0.05) is 17.4 Å². The van der Waals surface area contributed by atoms with Crippen molar-refractivity contribution in [3.63, 3.8) is 0 Å². The number of benzene rings is 1. The molecule has 0 aliphatic carbocycles. The van der Waals surface area contributed by atoms with Crippen molar-refractivity contribution >= 4 is 26.8 Å². The Morgan fingerprint density at radius 3 is 3.00 bits per heavy atom. The van der Waals surface area contributed by atoms with Gasteiger partial charge in [0.2, 0.25) is 0 Å². The lowest BCUT2D eigenvalue weighted by atomic mass is 10.2.